The van der Waals surface area contributed by atoms with Crippen LogP contribution in [0.15, 0.2) is 0 Å². The van der Waals surface area contributed by atoms with Gasteiger partial charge in [-0.2, -0.15) is 0 Å². The third-order valence-corrected chi connectivity index (χ3v) is 5.07. The molecule has 1 N–H and O–H groups in total. The summed E-state index contributed by atoms with van der Waals surface area (Å²) < 4.78 is 0. The van der Waals surface area contributed by atoms with Gasteiger partial charge in [0.25, 0.3) is 0 Å². The van der Waals surface area contributed by atoms with Crippen molar-refractivity contribution < 1.29 is 9.90 Å². The van der Waals surface area contributed by atoms with Crippen LogP contribution < -0.4 is 0 Å². The van der Waals surface area contributed by atoms with E-state index in [9.17, 15) is 9.90 Å². The normalized spacial score (nSPS) is 51.1. The van der Waals surface area contributed by atoms with Gasteiger partial charge < -0.3 is 9.90 Å². The van der Waals surface area contributed by atoms with Crippen molar-refractivity contribution in [2.24, 2.45) is 17.3 Å². The first-order chi connectivity index (χ1) is 6.52. The van der Waals surface area contributed by atoms with Crippen molar-refractivity contribution >= 4 is 6.29 Å². The van der Waals surface area contributed by atoms with E-state index in [4.69, 9.17) is 0 Å². The van der Waals surface area contributed by atoms with Gasteiger partial charge in [0.05, 0.1) is 5.60 Å². The fraction of sp³-hybridized carbons (Fsp3) is 0.917. The average molecular weight is 196 g/mol. The molecule has 4 atom stereocenters. The first-order valence-electron chi connectivity index (χ1n) is 5.68. The Kier molecular flexibility index (Phi) is 2.22. The zero-order valence-corrected chi connectivity index (χ0v) is 9.12. The lowest BCUT2D eigenvalue weighted by molar-refractivity contribution is -0.116. The molecule has 0 saturated heterocycles. The van der Waals surface area contributed by atoms with E-state index >= 15 is 0 Å². The third kappa shape index (κ3) is 1.10. The average Bonchev–Trinajstić information content (AvgIpc) is 2.67. The molecule has 2 fully saturated rings. The van der Waals surface area contributed by atoms with Crippen molar-refractivity contribution in [1.29, 1.82) is 0 Å². The molecule has 0 radical (unpaired) electrons. The lowest BCUT2D eigenvalue weighted by Crippen LogP contribution is -2.48. The molecule has 80 valence electrons. The molecule has 4 unspecified atom stereocenters. The van der Waals surface area contributed by atoms with Crippen LogP contribution in [0.2, 0.25) is 0 Å². The van der Waals surface area contributed by atoms with E-state index in [0.29, 0.717) is 18.3 Å². The summed E-state index contributed by atoms with van der Waals surface area (Å²) in [6, 6.07) is 0. The molecule has 2 aliphatic rings. The summed E-state index contributed by atoms with van der Waals surface area (Å²) in [7, 11) is 0. The maximum absolute atomic E-state index is 10.5. The van der Waals surface area contributed by atoms with Crippen LogP contribution in [0.4, 0.5) is 0 Å². The second-order valence-electron chi connectivity index (χ2n) is 5.48. The molecule has 2 rings (SSSR count). The van der Waals surface area contributed by atoms with Crippen molar-refractivity contribution in [1.82, 2.24) is 0 Å². The van der Waals surface area contributed by atoms with Crippen molar-refractivity contribution in [2.45, 2.75) is 51.6 Å². The molecule has 0 spiro atoms. The molecular formula is C12H20O2. The number of carbonyl (C=O) groups excluding carboxylic acids is 1. The Labute approximate surface area is 85.7 Å². The van der Waals surface area contributed by atoms with Gasteiger partial charge in [-0.3, -0.25) is 0 Å². The van der Waals surface area contributed by atoms with E-state index in [1.165, 1.54) is 19.3 Å². The fourth-order valence-electron chi connectivity index (χ4n) is 3.77. The molecule has 2 bridgehead atoms. The van der Waals surface area contributed by atoms with Crippen LogP contribution in [0.5, 0.6) is 0 Å². The van der Waals surface area contributed by atoms with E-state index in [0.717, 1.165) is 12.7 Å². The van der Waals surface area contributed by atoms with E-state index in [1.54, 1.807) is 0 Å². The largest absolute Gasteiger partial charge is 0.389 e. The Morgan fingerprint density at radius 3 is 2.50 bits per heavy atom. The summed E-state index contributed by atoms with van der Waals surface area (Å²) in [6.07, 6.45) is 6.01. The van der Waals surface area contributed by atoms with Gasteiger partial charge in [0.1, 0.15) is 6.29 Å². The van der Waals surface area contributed by atoms with E-state index in [1.807, 2.05) is 6.92 Å². The van der Waals surface area contributed by atoms with Crippen LogP contribution >= 0.6 is 0 Å². The Bertz CT molecular complexity index is 247. The van der Waals surface area contributed by atoms with Gasteiger partial charge in [0.15, 0.2) is 0 Å². The predicted octanol–water partition coefficient (Wildman–Crippen LogP) is 2.15. The Hall–Kier alpha value is -0.370. The highest BCUT2D eigenvalue weighted by Crippen LogP contribution is 2.63. The van der Waals surface area contributed by atoms with Crippen molar-refractivity contribution in [2.75, 3.05) is 0 Å². The Morgan fingerprint density at radius 1 is 1.36 bits per heavy atom. The molecule has 0 aliphatic heterocycles. The number of hydrogen-bond donors (Lipinski definition) is 1. The van der Waals surface area contributed by atoms with E-state index < -0.39 is 5.60 Å². The molecule has 0 aromatic heterocycles. The van der Waals surface area contributed by atoms with Crippen LogP contribution in [0.25, 0.3) is 0 Å². The van der Waals surface area contributed by atoms with Crippen molar-refractivity contribution in [3.63, 3.8) is 0 Å². The molecule has 14 heavy (non-hydrogen) atoms. The van der Waals surface area contributed by atoms with Crippen LogP contribution in [0.1, 0.15) is 46.0 Å². The second-order valence-corrected chi connectivity index (χ2v) is 5.48. The second kappa shape index (κ2) is 3.06. The lowest BCUT2D eigenvalue weighted by Gasteiger charge is -2.46. The van der Waals surface area contributed by atoms with Gasteiger partial charge in [0.2, 0.25) is 0 Å². The zero-order chi connectivity index (χ0) is 10.4. The Balaban J connectivity index is 2.20. The highest BCUT2D eigenvalue weighted by atomic mass is 16.3. The molecule has 2 aliphatic carbocycles. The van der Waals surface area contributed by atoms with Crippen molar-refractivity contribution in [3.8, 4) is 0 Å². The highest BCUT2D eigenvalue weighted by Gasteiger charge is 2.61. The number of hydrogen-bond acceptors (Lipinski definition) is 2. The van der Waals surface area contributed by atoms with Crippen molar-refractivity contribution in [3.05, 3.63) is 0 Å². The van der Waals surface area contributed by atoms with E-state index in [-0.39, 0.29) is 5.41 Å². The Morgan fingerprint density at radius 2 is 2.00 bits per heavy atom. The summed E-state index contributed by atoms with van der Waals surface area (Å²) in [4.78, 5) is 10.4. The van der Waals surface area contributed by atoms with E-state index in [2.05, 4.69) is 6.92 Å². The van der Waals surface area contributed by atoms with Gasteiger partial charge in [-0.05, 0) is 49.9 Å². The summed E-state index contributed by atoms with van der Waals surface area (Å²) in [5, 5.41) is 10.5. The van der Waals surface area contributed by atoms with Gasteiger partial charge in [-0.1, -0.05) is 6.92 Å². The summed E-state index contributed by atoms with van der Waals surface area (Å²) >= 11 is 0. The third-order valence-electron chi connectivity index (χ3n) is 5.07. The first-order valence-corrected chi connectivity index (χ1v) is 5.68. The monoisotopic (exact) mass is 196 g/mol. The molecule has 2 saturated carbocycles. The SMILES string of the molecule is CC1(O)C2CCC(C2)C1(C)CCC=O. The number of aldehydes is 1. The summed E-state index contributed by atoms with van der Waals surface area (Å²) in [5.41, 5.74) is -0.560. The van der Waals surface area contributed by atoms with Crippen LogP contribution in [0, 0.1) is 17.3 Å². The van der Waals surface area contributed by atoms with Crippen LogP contribution in [0.3, 0.4) is 0 Å². The van der Waals surface area contributed by atoms with Gasteiger partial charge >= 0.3 is 0 Å². The van der Waals surface area contributed by atoms with Gasteiger partial charge in [-0.25, -0.2) is 0 Å². The summed E-state index contributed by atoms with van der Waals surface area (Å²) in [5.74, 6) is 1.12. The molecule has 0 aromatic rings. The zero-order valence-electron chi connectivity index (χ0n) is 9.12. The molecular weight excluding hydrogens is 176 g/mol. The number of aliphatic hydroxyl groups is 1. The number of rotatable bonds is 3. The standard InChI is InChI=1S/C12H20O2/c1-11(6-3-7-13)9-4-5-10(8-9)12(11,2)14/h7,9-10,14H,3-6,8H2,1-2H3. The minimum Gasteiger partial charge on any atom is -0.389 e. The number of carbonyl (C=O) groups is 1. The smallest absolute Gasteiger partial charge is 0.120 e. The molecule has 0 amide bonds. The predicted molar refractivity (Wildman–Crippen MR) is 54.9 cm³/mol. The fourth-order valence-corrected chi connectivity index (χ4v) is 3.77. The molecule has 2 heteroatoms. The lowest BCUT2D eigenvalue weighted by atomic mass is 9.63. The first kappa shape index (κ1) is 10.2. The minimum absolute atomic E-state index is 0.0170. The van der Waals surface area contributed by atoms with Gasteiger partial charge in [-0.15, -0.1) is 0 Å². The quantitative estimate of drug-likeness (QED) is 0.702. The molecule has 0 aromatic carbocycles. The maximum atomic E-state index is 10.5. The summed E-state index contributed by atoms with van der Waals surface area (Å²) in [6.45, 7) is 4.14. The molecule has 2 nitrogen and oxygen atoms in total. The molecule has 0 heterocycles. The van der Waals surface area contributed by atoms with Crippen LogP contribution in [-0.2, 0) is 4.79 Å². The maximum Gasteiger partial charge on any atom is 0.120 e. The minimum atomic E-state index is -0.543. The van der Waals surface area contributed by atoms with Crippen LogP contribution in [-0.4, -0.2) is 17.0 Å². The highest BCUT2D eigenvalue weighted by molar-refractivity contribution is 5.49. The van der Waals surface area contributed by atoms with Gasteiger partial charge in [0, 0.05) is 6.42 Å². The topological polar surface area (TPSA) is 37.3 Å². The number of fused-ring (bicyclic) bond motifs is 2.